The van der Waals surface area contributed by atoms with E-state index in [0.29, 0.717) is 0 Å². The molecule has 2 N–H and O–H groups in total. The molecule has 1 amide bonds. The largest absolute Gasteiger partial charge is 0.496 e. The molecule has 0 aliphatic carbocycles. The third-order valence-electron chi connectivity index (χ3n) is 2.90. The first-order chi connectivity index (χ1) is 8.86. The summed E-state index contributed by atoms with van der Waals surface area (Å²) in [5.41, 5.74) is 0.0342. The van der Waals surface area contributed by atoms with E-state index in [9.17, 15) is 14.0 Å². The van der Waals surface area contributed by atoms with Gasteiger partial charge in [-0.2, -0.15) is 0 Å². The highest BCUT2D eigenvalue weighted by molar-refractivity contribution is 5.97. The number of carbonyl (C=O) groups is 2. The second-order valence-corrected chi connectivity index (χ2v) is 4.23. The molecule has 1 aromatic carbocycles. The number of hydrogen-bond donors (Lipinski definition) is 2. The lowest BCUT2D eigenvalue weighted by Gasteiger charge is -2.18. The second-order valence-electron chi connectivity index (χ2n) is 4.23. The van der Waals surface area contributed by atoms with Crippen LogP contribution in [0.15, 0.2) is 18.2 Å². The number of carboxylic acid groups (broad SMARTS) is 1. The van der Waals surface area contributed by atoms with Crippen molar-refractivity contribution < 1.29 is 23.8 Å². The summed E-state index contributed by atoms with van der Waals surface area (Å²) in [6, 6.07) is 2.99. The maximum absolute atomic E-state index is 13.1. The first-order valence-electron chi connectivity index (χ1n) is 5.74. The molecule has 0 fully saturated rings. The highest BCUT2D eigenvalue weighted by Gasteiger charge is 2.23. The molecule has 0 aromatic heterocycles. The van der Waals surface area contributed by atoms with Gasteiger partial charge in [-0.1, -0.05) is 0 Å². The highest BCUT2D eigenvalue weighted by atomic mass is 19.1. The fourth-order valence-corrected chi connectivity index (χ4v) is 1.48. The van der Waals surface area contributed by atoms with Crippen molar-refractivity contribution in [3.8, 4) is 5.75 Å². The Hall–Kier alpha value is -2.11. The number of carbonyl (C=O) groups excluding carboxylic acids is 1. The molecule has 104 valence electrons. The Morgan fingerprint density at radius 1 is 1.37 bits per heavy atom. The van der Waals surface area contributed by atoms with Gasteiger partial charge in [0.05, 0.1) is 18.6 Å². The van der Waals surface area contributed by atoms with E-state index in [-0.39, 0.29) is 11.3 Å². The van der Waals surface area contributed by atoms with Crippen molar-refractivity contribution >= 4 is 11.9 Å². The molecule has 1 rings (SSSR count). The van der Waals surface area contributed by atoms with E-state index in [1.165, 1.54) is 26.2 Å². The third-order valence-corrected chi connectivity index (χ3v) is 2.90. The lowest BCUT2D eigenvalue weighted by atomic mass is 10.0. The normalized spacial score (nSPS) is 13.5. The molecule has 2 atom stereocenters. The lowest BCUT2D eigenvalue weighted by molar-refractivity contribution is -0.141. The Bertz CT molecular complexity index is 490. The summed E-state index contributed by atoms with van der Waals surface area (Å²) in [5.74, 6) is -2.67. The van der Waals surface area contributed by atoms with E-state index in [0.717, 1.165) is 6.07 Å². The van der Waals surface area contributed by atoms with Gasteiger partial charge >= 0.3 is 5.97 Å². The van der Waals surface area contributed by atoms with Crippen LogP contribution in [0.3, 0.4) is 0 Å². The van der Waals surface area contributed by atoms with Crippen LogP contribution in [0.25, 0.3) is 0 Å². The van der Waals surface area contributed by atoms with E-state index < -0.39 is 29.7 Å². The Labute approximate surface area is 110 Å². The fraction of sp³-hybridized carbons (Fsp3) is 0.385. The molecule has 0 aliphatic heterocycles. The summed E-state index contributed by atoms with van der Waals surface area (Å²) in [7, 11) is 1.37. The van der Waals surface area contributed by atoms with Crippen LogP contribution < -0.4 is 10.1 Å². The summed E-state index contributed by atoms with van der Waals surface area (Å²) in [4.78, 5) is 22.8. The number of aliphatic carboxylic acids is 1. The van der Waals surface area contributed by atoms with Crippen molar-refractivity contribution in [3.05, 3.63) is 29.6 Å². The predicted octanol–water partition coefficient (Wildman–Crippen LogP) is 1.67. The number of nitrogens with one attached hydrogen (secondary N) is 1. The van der Waals surface area contributed by atoms with Crippen molar-refractivity contribution in [2.45, 2.75) is 19.9 Å². The first kappa shape index (κ1) is 14.9. The molecule has 0 spiro atoms. The Morgan fingerprint density at radius 3 is 2.53 bits per heavy atom. The Balaban J connectivity index is 2.89. The van der Waals surface area contributed by atoms with Crippen molar-refractivity contribution in [1.29, 1.82) is 0 Å². The van der Waals surface area contributed by atoms with Crippen LogP contribution >= 0.6 is 0 Å². The summed E-state index contributed by atoms with van der Waals surface area (Å²) in [6.45, 7) is 3.05. The maximum atomic E-state index is 13.1. The van der Waals surface area contributed by atoms with Crippen molar-refractivity contribution in [2.75, 3.05) is 7.11 Å². The summed E-state index contributed by atoms with van der Waals surface area (Å²) in [5, 5.41) is 11.4. The topological polar surface area (TPSA) is 75.6 Å². The molecule has 0 aliphatic rings. The summed E-state index contributed by atoms with van der Waals surface area (Å²) >= 11 is 0. The van der Waals surface area contributed by atoms with E-state index in [4.69, 9.17) is 9.84 Å². The van der Waals surface area contributed by atoms with Crippen LogP contribution in [0.4, 0.5) is 4.39 Å². The average Bonchev–Trinajstić information content (AvgIpc) is 2.37. The van der Waals surface area contributed by atoms with Gasteiger partial charge in [0, 0.05) is 6.04 Å². The van der Waals surface area contributed by atoms with Gasteiger partial charge in [0.2, 0.25) is 0 Å². The molecule has 0 bridgehead atoms. The van der Waals surface area contributed by atoms with Crippen LogP contribution in [0.1, 0.15) is 24.2 Å². The zero-order chi connectivity index (χ0) is 14.6. The second kappa shape index (κ2) is 6.17. The molecule has 0 radical (unpaired) electrons. The number of hydrogen-bond acceptors (Lipinski definition) is 3. The van der Waals surface area contributed by atoms with E-state index in [1.54, 1.807) is 6.92 Å². The van der Waals surface area contributed by atoms with Crippen molar-refractivity contribution in [3.63, 3.8) is 0 Å². The third kappa shape index (κ3) is 3.67. The van der Waals surface area contributed by atoms with Gasteiger partial charge in [-0.25, -0.2) is 4.39 Å². The number of ether oxygens (including phenoxy) is 1. The van der Waals surface area contributed by atoms with Crippen molar-refractivity contribution in [1.82, 2.24) is 5.32 Å². The molecule has 1 aromatic rings. The van der Waals surface area contributed by atoms with Crippen molar-refractivity contribution in [2.24, 2.45) is 5.92 Å². The van der Waals surface area contributed by atoms with Crippen LogP contribution in [-0.4, -0.2) is 30.1 Å². The fourth-order valence-electron chi connectivity index (χ4n) is 1.48. The van der Waals surface area contributed by atoms with E-state index >= 15 is 0 Å². The molecule has 6 heteroatoms. The zero-order valence-corrected chi connectivity index (χ0v) is 10.9. The molecule has 0 heterocycles. The minimum absolute atomic E-state index is 0.0342. The van der Waals surface area contributed by atoms with E-state index in [1.807, 2.05) is 0 Å². The first-order valence-corrected chi connectivity index (χ1v) is 5.74. The molecule has 0 saturated heterocycles. The van der Waals surface area contributed by atoms with Crippen LogP contribution in [0.2, 0.25) is 0 Å². The van der Waals surface area contributed by atoms with Gasteiger partial charge < -0.3 is 15.2 Å². The predicted molar refractivity (Wildman–Crippen MR) is 66.7 cm³/mol. The Kier molecular flexibility index (Phi) is 4.86. The van der Waals surface area contributed by atoms with Gasteiger partial charge in [0.1, 0.15) is 11.6 Å². The molecule has 0 saturated carbocycles. The van der Waals surface area contributed by atoms with Crippen LogP contribution in [0.5, 0.6) is 5.75 Å². The molecule has 19 heavy (non-hydrogen) atoms. The Morgan fingerprint density at radius 2 is 2.00 bits per heavy atom. The van der Waals surface area contributed by atoms with Gasteiger partial charge in [-0.15, -0.1) is 0 Å². The zero-order valence-electron chi connectivity index (χ0n) is 10.9. The van der Waals surface area contributed by atoms with Gasteiger partial charge in [-0.3, -0.25) is 9.59 Å². The summed E-state index contributed by atoms with van der Waals surface area (Å²) in [6.07, 6.45) is 0. The molecular weight excluding hydrogens is 253 g/mol. The smallest absolute Gasteiger partial charge is 0.308 e. The number of benzene rings is 1. The molecule has 2 unspecified atom stereocenters. The number of rotatable bonds is 5. The maximum Gasteiger partial charge on any atom is 0.308 e. The standard InChI is InChI=1S/C13H16FNO4/c1-7(13(17)18)8(2)15-12(16)10-6-9(14)4-5-11(10)19-3/h4-8H,1-3H3,(H,15,16)(H,17,18). The molecule has 5 nitrogen and oxygen atoms in total. The number of halogens is 1. The number of amides is 1. The number of methoxy groups -OCH3 is 1. The van der Waals surface area contributed by atoms with Crippen LogP contribution in [-0.2, 0) is 4.79 Å². The SMILES string of the molecule is COc1ccc(F)cc1C(=O)NC(C)C(C)C(=O)O. The number of carboxylic acids is 1. The molecular formula is C13H16FNO4. The van der Waals surface area contributed by atoms with E-state index in [2.05, 4.69) is 5.32 Å². The summed E-state index contributed by atoms with van der Waals surface area (Å²) < 4.78 is 18.1. The minimum Gasteiger partial charge on any atom is -0.496 e. The lowest BCUT2D eigenvalue weighted by Crippen LogP contribution is -2.40. The highest BCUT2D eigenvalue weighted by Crippen LogP contribution is 2.19. The van der Waals surface area contributed by atoms with Gasteiger partial charge in [-0.05, 0) is 32.0 Å². The minimum atomic E-state index is -1.01. The van der Waals surface area contributed by atoms with Crippen LogP contribution in [0, 0.1) is 11.7 Å². The van der Waals surface area contributed by atoms with Gasteiger partial charge in [0.15, 0.2) is 0 Å². The quantitative estimate of drug-likeness (QED) is 0.852. The van der Waals surface area contributed by atoms with Gasteiger partial charge in [0.25, 0.3) is 5.91 Å². The average molecular weight is 269 g/mol. The monoisotopic (exact) mass is 269 g/mol.